The second kappa shape index (κ2) is 6.44. The molecule has 2 aromatic heterocycles. The number of pyridine rings is 1. The molecule has 1 unspecified atom stereocenters. The lowest BCUT2D eigenvalue weighted by Gasteiger charge is -2.34. The third-order valence-corrected chi connectivity index (χ3v) is 5.24. The fraction of sp³-hybridized carbons (Fsp3) is 0.294. The van der Waals surface area contributed by atoms with Gasteiger partial charge in [-0.25, -0.2) is 0 Å². The van der Waals surface area contributed by atoms with Crippen LogP contribution < -0.4 is 4.90 Å². The molecule has 128 valence electrons. The number of piperidine rings is 1. The maximum absolute atomic E-state index is 10.9. The third-order valence-electron chi connectivity index (χ3n) is 4.61. The average molecular weight is 402 g/mol. The number of benzene rings is 1. The van der Waals surface area contributed by atoms with Crippen LogP contribution in [-0.4, -0.2) is 32.6 Å². The van der Waals surface area contributed by atoms with Crippen molar-refractivity contribution in [1.29, 1.82) is 0 Å². The summed E-state index contributed by atoms with van der Waals surface area (Å²) in [5.74, 6) is 1.24. The molecule has 3 aromatic rings. The number of halogens is 1. The van der Waals surface area contributed by atoms with Crippen molar-refractivity contribution in [3.63, 3.8) is 0 Å². The standard InChI is InChI=1S/C17H16BrN5O2/c18-14-10-13(23(24)25)6-7-15(14)21-8-3-4-12(11-21)17-20-19-16-5-1-2-9-22(16)17/h1-2,5-7,9-10,12H,3-4,8,11H2. The number of rotatable bonds is 3. The molecule has 7 nitrogen and oxygen atoms in total. The van der Waals surface area contributed by atoms with Crippen molar-refractivity contribution in [2.75, 3.05) is 18.0 Å². The number of nitro groups is 1. The Morgan fingerprint density at radius 3 is 2.92 bits per heavy atom. The van der Waals surface area contributed by atoms with Crippen LogP contribution in [-0.2, 0) is 0 Å². The topological polar surface area (TPSA) is 76.6 Å². The van der Waals surface area contributed by atoms with Gasteiger partial charge in [0, 0.05) is 41.8 Å². The highest BCUT2D eigenvalue weighted by molar-refractivity contribution is 9.10. The van der Waals surface area contributed by atoms with E-state index in [0.29, 0.717) is 0 Å². The normalized spacial score (nSPS) is 17.8. The Kier molecular flexibility index (Phi) is 4.12. The van der Waals surface area contributed by atoms with Crippen LogP contribution in [0.15, 0.2) is 47.1 Å². The van der Waals surface area contributed by atoms with Crippen LogP contribution in [0.5, 0.6) is 0 Å². The predicted molar refractivity (Wildman–Crippen MR) is 98.0 cm³/mol. The van der Waals surface area contributed by atoms with Gasteiger partial charge in [-0.15, -0.1) is 10.2 Å². The fourth-order valence-corrected chi connectivity index (χ4v) is 4.03. The molecule has 1 saturated heterocycles. The number of nitro benzene ring substituents is 1. The number of hydrogen-bond donors (Lipinski definition) is 0. The summed E-state index contributed by atoms with van der Waals surface area (Å²) in [5.41, 5.74) is 1.92. The van der Waals surface area contributed by atoms with E-state index in [2.05, 4.69) is 31.0 Å². The first-order chi connectivity index (χ1) is 12.1. The molecule has 1 aliphatic heterocycles. The Balaban J connectivity index is 1.62. The van der Waals surface area contributed by atoms with Crippen LogP contribution in [0.2, 0.25) is 0 Å². The zero-order chi connectivity index (χ0) is 17.4. The lowest BCUT2D eigenvalue weighted by molar-refractivity contribution is -0.384. The Hall–Kier alpha value is -2.48. The molecule has 1 aromatic carbocycles. The summed E-state index contributed by atoms with van der Waals surface area (Å²) in [6.45, 7) is 1.73. The van der Waals surface area contributed by atoms with Crippen molar-refractivity contribution >= 4 is 33.0 Å². The monoisotopic (exact) mass is 401 g/mol. The van der Waals surface area contributed by atoms with E-state index in [1.165, 1.54) is 0 Å². The molecule has 0 radical (unpaired) electrons. The Labute approximate surface area is 152 Å². The van der Waals surface area contributed by atoms with Crippen molar-refractivity contribution in [3.05, 3.63) is 63.0 Å². The maximum Gasteiger partial charge on any atom is 0.270 e. The number of non-ortho nitro benzene ring substituents is 1. The summed E-state index contributed by atoms with van der Waals surface area (Å²) in [6, 6.07) is 10.8. The zero-order valence-electron chi connectivity index (χ0n) is 13.4. The van der Waals surface area contributed by atoms with Gasteiger partial charge >= 0.3 is 0 Å². The van der Waals surface area contributed by atoms with Crippen LogP contribution in [0.1, 0.15) is 24.6 Å². The summed E-state index contributed by atoms with van der Waals surface area (Å²) in [5, 5.41) is 19.6. The largest absolute Gasteiger partial charge is 0.370 e. The molecule has 1 fully saturated rings. The van der Waals surface area contributed by atoms with Crippen molar-refractivity contribution in [1.82, 2.24) is 14.6 Å². The highest BCUT2D eigenvalue weighted by atomic mass is 79.9. The molecular weight excluding hydrogens is 386 g/mol. The van der Waals surface area contributed by atoms with Gasteiger partial charge in [-0.05, 0) is 47.0 Å². The molecule has 25 heavy (non-hydrogen) atoms. The molecule has 0 N–H and O–H groups in total. The van der Waals surface area contributed by atoms with Crippen molar-refractivity contribution in [2.24, 2.45) is 0 Å². The first kappa shape index (κ1) is 16.0. The van der Waals surface area contributed by atoms with Gasteiger partial charge in [0.25, 0.3) is 5.69 Å². The lowest BCUT2D eigenvalue weighted by Crippen LogP contribution is -2.35. The average Bonchev–Trinajstić information content (AvgIpc) is 3.06. The number of hydrogen-bond acceptors (Lipinski definition) is 5. The van der Waals surface area contributed by atoms with Crippen molar-refractivity contribution < 1.29 is 4.92 Å². The SMILES string of the molecule is O=[N+]([O-])c1ccc(N2CCCC(c3nnc4ccccn34)C2)c(Br)c1. The summed E-state index contributed by atoms with van der Waals surface area (Å²) in [7, 11) is 0. The van der Waals surface area contributed by atoms with Crippen LogP contribution in [0.25, 0.3) is 5.65 Å². The van der Waals surface area contributed by atoms with Gasteiger partial charge in [-0.2, -0.15) is 0 Å². The van der Waals surface area contributed by atoms with Gasteiger partial charge in [0.15, 0.2) is 5.65 Å². The van der Waals surface area contributed by atoms with Crippen LogP contribution >= 0.6 is 15.9 Å². The minimum absolute atomic E-state index is 0.0904. The van der Waals surface area contributed by atoms with E-state index in [-0.39, 0.29) is 16.5 Å². The molecule has 4 rings (SSSR count). The second-order valence-corrected chi connectivity index (χ2v) is 7.02. The molecular formula is C17H16BrN5O2. The Bertz CT molecular complexity index is 942. The first-order valence-corrected chi connectivity index (χ1v) is 8.91. The zero-order valence-corrected chi connectivity index (χ0v) is 15.0. The minimum atomic E-state index is -0.379. The fourth-order valence-electron chi connectivity index (χ4n) is 3.41. The van der Waals surface area contributed by atoms with Crippen molar-refractivity contribution in [3.8, 4) is 0 Å². The number of nitrogens with zero attached hydrogens (tertiary/aromatic N) is 5. The second-order valence-electron chi connectivity index (χ2n) is 6.17. The molecule has 0 bridgehead atoms. The van der Waals surface area contributed by atoms with Gasteiger partial charge in [0.05, 0.1) is 10.6 Å². The Morgan fingerprint density at radius 2 is 2.12 bits per heavy atom. The quantitative estimate of drug-likeness (QED) is 0.492. The summed E-state index contributed by atoms with van der Waals surface area (Å²) in [6.07, 6.45) is 4.08. The van der Waals surface area contributed by atoms with Gasteiger partial charge in [-0.3, -0.25) is 14.5 Å². The molecule has 8 heteroatoms. The van der Waals surface area contributed by atoms with Crippen LogP contribution in [0.3, 0.4) is 0 Å². The molecule has 0 amide bonds. The smallest absolute Gasteiger partial charge is 0.270 e. The van der Waals surface area contributed by atoms with Gasteiger partial charge in [0.2, 0.25) is 0 Å². The maximum atomic E-state index is 10.9. The van der Waals surface area contributed by atoms with E-state index in [1.54, 1.807) is 12.1 Å². The van der Waals surface area contributed by atoms with E-state index < -0.39 is 0 Å². The molecule has 0 saturated carbocycles. The summed E-state index contributed by atoms with van der Waals surface area (Å²) in [4.78, 5) is 12.8. The van der Waals surface area contributed by atoms with E-state index in [0.717, 1.165) is 47.6 Å². The van der Waals surface area contributed by atoms with E-state index in [4.69, 9.17) is 0 Å². The molecule has 1 aliphatic rings. The molecule has 0 spiro atoms. The minimum Gasteiger partial charge on any atom is -0.370 e. The third kappa shape index (κ3) is 2.97. The van der Waals surface area contributed by atoms with Crippen LogP contribution in [0, 0.1) is 10.1 Å². The van der Waals surface area contributed by atoms with Crippen LogP contribution in [0.4, 0.5) is 11.4 Å². The molecule has 0 aliphatic carbocycles. The molecule has 1 atom stereocenters. The van der Waals surface area contributed by atoms with Gasteiger partial charge in [-0.1, -0.05) is 6.07 Å². The number of fused-ring (bicyclic) bond motifs is 1. The van der Waals surface area contributed by atoms with Gasteiger partial charge in [0.1, 0.15) is 5.82 Å². The first-order valence-electron chi connectivity index (χ1n) is 8.12. The summed E-state index contributed by atoms with van der Waals surface area (Å²) >= 11 is 3.48. The number of aromatic nitrogens is 3. The summed E-state index contributed by atoms with van der Waals surface area (Å²) < 4.78 is 2.78. The van der Waals surface area contributed by atoms with E-state index in [9.17, 15) is 10.1 Å². The lowest BCUT2D eigenvalue weighted by atomic mass is 9.96. The van der Waals surface area contributed by atoms with E-state index >= 15 is 0 Å². The Morgan fingerprint density at radius 1 is 1.24 bits per heavy atom. The molecule has 3 heterocycles. The van der Waals surface area contributed by atoms with Crippen molar-refractivity contribution in [2.45, 2.75) is 18.8 Å². The van der Waals surface area contributed by atoms with Gasteiger partial charge < -0.3 is 4.90 Å². The highest BCUT2D eigenvalue weighted by Crippen LogP contribution is 2.35. The predicted octanol–water partition coefficient (Wildman–Crippen LogP) is 3.78. The highest BCUT2D eigenvalue weighted by Gasteiger charge is 2.26. The number of anilines is 1. The van der Waals surface area contributed by atoms with E-state index in [1.807, 2.05) is 34.9 Å².